The summed E-state index contributed by atoms with van der Waals surface area (Å²) in [4.78, 5) is 0. The molecular weight excluding hydrogens is 1230 g/mol. The molecule has 4 N–H and O–H groups in total. The van der Waals surface area contributed by atoms with Crippen molar-refractivity contribution in [3.8, 4) is 0 Å². The van der Waals surface area contributed by atoms with Crippen molar-refractivity contribution in [2.75, 3.05) is 0 Å². The monoisotopic (exact) mass is 1270 g/mol. The maximum atomic E-state index is 6.61. The standard InChI is InChI=1S/8C6H5.4ClH.2H2O.4Sn/c8*1-2-4-6-5-3-1;;;;;;;;;;/h8*1-5H;4*1H;2*1H2;;;;/q;;;;;;;;;;;;;;;;2*+2/p-2. The van der Waals surface area contributed by atoms with Crippen LogP contribution in [0.15, 0.2) is 243 Å². The average Bonchev–Trinajstić information content (AvgIpc) is 3.27. The minimum absolute atomic E-state index is 0. The van der Waals surface area contributed by atoms with E-state index in [1.165, 1.54) is 14.3 Å². The second-order valence-corrected chi connectivity index (χ2v) is 52.6. The molecule has 292 valence electrons. The van der Waals surface area contributed by atoms with E-state index in [0.29, 0.717) is 0 Å². The summed E-state index contributed by atoms with van der Waals surface area (Å²) in [6, 6.07) is 83.5. The molecule has 0 aliphatic heterocycles. The Morgan fingerprint density at radius 3 is 0.552 bits per heavy atom. The van der Waals surface area contributed by atoms with Crippen LogP contribution in [0.1, 0.15) is 0 Å². The predicted molar refractivity (Wildman–Crippen MR) is 253 cm³/mol. The van der Waals surface area contributed by atoms with E-state index in [4.69, 9.17) is 35.7 Å². The van der Waals surface area contributed by atoms with Crippen molar-refractivity contribution >= 4 is 121 Å². The summed E-state index contributed by atoms with van der Waals surface area (Å²) in [6.07, 6.45) is 0. The Bertz CT molecular complexity index is 1910. The Balaban J connectivity index is 0.000000205. The van der Waals surface area contributed by atoms with Crippen LogP contribution >= 0.6 is 17.8 Å². The molecule has 0 heterocycles. The molecule has 0 saturated heterocycles. The second kappa shape index (κ2) is 27.8. The molecule has 0 bridgehead atoms. The predicted octanol–water partition coefficient (Wildman–Crippen LogP) is 4.56. The molecule has 4 radical (unpaired) electrons. The Morgan fingerprint density at radius 1 is 0.259 bits per heavy atom. The number of hydrogen-bond acceptors (Lipinski definition) is 0. The molecule has 0 aliphatic rings. The molecule has 0 spiro atoms. The molecule has 0 saturated carbocycles. The fourth-order valence-corrected chi connectivity index (χ4v) is 27.4. The van der Waals surface area contributed by atoms with Gasteiger partial charge in [0.25, 0.3) is 0 Å². The van der Waals surface area contributed by atoms with Crippen molar-refractivity contribution < 1.29 is 28.8 Å². The van der Waals surface area contributed by atoms with Gasteiger partial charge in [0.1, 0.15) is 0 Å². The van der Waals surface area contributed by atoms with Gasteiger partial charge in [0, 0.05) is 0 Å². The van der Waals surface area contributed by atoms with Crippen LogP contribution in [-0.2, 0) is 0 Å². The third kappa shape index (κ3) is 17.2. The number of rotatable bonds is 8. The van der Waals surface area contributed by atoms with Gasteiger partial charge in [-0.2, -0.15) is 0 Å². The van der Waals surface area contributed by atoms with Gasteiger partial charge >= 0.3 is 382 Å². The maximum absolute atomic E-state index is 6.61. The zero-order valence-corrected chi connectivity index (χ0v) is 46.2. The Hall–Kier alpha value is -1.97. The summed E-state index contributed by atoms with van der Waals surface area (Å²) in [5.41, 5.74) is 0. The quantitative estimate of drug-likeness (QED) is 0.201. The molecule has 0 aromatic heterocycles. The third-order valence-corrected chi connectivity index (χ3v) is 39.8. The van der Waals surface area contributed by atoms with Crippen molar-refractivity contribution in [1.29, 1.82) is 0 Å². The summed E-state index contributed by atoms with van der Waals surface area (Å²) >= 11 is -7.41. The molecule has 0 aliphatic carbocycles. The van der Waals surface area contributed by atoms with E-state index in [-0.39, 0.29) is 11.0 Å². The van der Waals surface area contributed by atoms with Crippen LogP contribution in [0.5, 0.6) is 0 Å². The fourth-order valence-electron chi connectivity index (χ4n) is 5.36. The normalized spacial score (nSPS) is 10.3. The number of benzene rings is 8. The van der Waals surface area contributed by atoms with E-state index in [0.717, 1.165) is 14.3 Å². The van der Waals surface area contributed by atoms with E-state index in [2.05, 4.69) is 121 Å². The Morgan fingerprint density at radius 2 is 0.397 bits per heavy atom. The van der Waals surface area contributed by atoms with Crippen molar-refractivity contribution in [3.63, 3.8) is 0 Å². The van der Waals surface area contributed by atoms with Gasteiger partial charge in [-0.1, -0.05) is 0 Å². The van der Waals surface area contributed by atoms with Crippen molar-refractivity contribution in [2.24, 2.45) is 0 Å². The third-order valence-electron chi connectivity index (χ3n) is 8.25. The van der Waals surface area contributed by atoms with Gasteiger partial charge < -0.3 is 11.0 Å². The molecule has 58 heavy (non-hydrogen) atoms. The summed E-state index contributed by atoms with van der Waals surface area (Å²) < 4.78 is 10.7. The molecule has 10 heteroatoms. The molecular formula is C48H46Cl4O2Sn4+2. The molecule has 8 rings (SSSR count). The van der Waals surface area contributed by atoms with Crippen LogP contribution < -0.4 is 28.6 Å². The molecule has 0 amide bonds. The molecule has 8 aromatic carbocycles. The van der Waals surface area contributed by atoms with Crippen LogP contribution in [0.3, 0.4) is 0 Å². The first-order chi connectivity index (χ1) is 27.3. The summed E-state index contributed by atoms with van der Waals surface area (Å²) in [7, 11) is 24.5. The van der Waals surface area contributed by atoms with Crippen molar-refractivity contribution in [2.45, 2.75) is 0 Å². The molecule has 0 unspecified atom stereocenters. The van der Waals surface area contributed by atoms with E-state index < -0.39 is 74.5 Å². The topological polar surface area (TPSA) is 63.0 Å². The van der Waals surface area contributed by atoms with Crippen molar-refractivity contribution in [3.05, 3.63) is 243 Å². The summed E-state index contributed by atoms with van der Waals surface area (Å²) in [6.45, 7) is 0. The second-order valence-electron chi connectivity index (χ2n) is 12.4. The number of hydrogen-bond donors (Lipinski definition) is 0. The van der Waals surface area contributed by atoms with Crippen LogP contribution in [0.4, 0.5) is 0 Å². The van der Waals surface area contributed by atoms with Gasteiger partial charge in [0.05, 0.1) is 0 Å². The van der Waals surface area contributed by atoms with Gasteiger partial charge in [0.15, 0.2) is 0 Å². The van der Waals surface area contributed by atoms with Crippen LogP contribution in [0.2, 0.25) is 0 Å². The van der Waals surface area contributed by atoms with E-state index in [9.17, 15) is 0 Å². The van der Waals surface area contributed by atoms with Crippen molar-refractivity contribution in [1.82, 2.24) is 0 Å². The summed E-state index contributed by atoms with van der Waals surface area (Å²) in [5, 5.41) is 0. The van der Waals surface area contributed by atoms with Crippen LogP contribution in [0, 0.1) is 17.8 Å². The molecule has 8 aromatic rings. The first kappa shape index (κ1) is 50.4. The zero-order chi connectivity index (χ0) is 39.3. The van der Waals surface area contributed by atoms with Gasteiger partial charge in [-0.15, -0.1) is 0 Å². The SMILES string of the molecule is O.O.[Cl][Sn]([ClH+])([c]1ccccc1)[c]1ccccc1.[Cl][Sn]([ClH+])([c]1ccccc1)[c]1ccccc1.c1cc[c]([Sn][c]2ccccc2)cc1.c1cc[c]([Sn][c]2ccccc2)cc1. The van der Waals surface area contributed by atoms with E-state index in [1.54, 1.807) is 0 Å². The van der Waals surface area contributed by atoms with Gasteiger partial charge in [-0.05, 0) is 0 Å². The van der Waals surface area contributed by atoms with E-state index >= 15 is 0 Å². The van der Waals surface area contributed by atoms with Gasteiger partial charge in [0.2, 0.25) is 0 Å². The Labute approximate surface area is 387 Å². The van der Waals surface area contributed by atoms with Gasteiger partial charge in [-0.3, -0.25) is 0 Å². The fraction of sp³-hybridized carbons (Fsp3) is 0. The first-order valence-electron chi connectivity index (χ1n) is 18.1. The Kier molecular flexibility index (Phi) is 24.1. The van der Waals surface area contributed by atoms with Crippen LogP contribution in [-0.4, -0.2) is 85.5 Å². The van der Waals surface area contributed by atoms with Crippen LogP contribution in [0.25, 0.3) is 0 Å². The average molecular weight is 1270 g/mol. The molecule has 0 atom stereocenters. The zero-order valence-electron chi connectivity index (χ0n) is 31.7. The minimum atomic E-state index is -3.19. The van der Waals surface area contributed by atoms with Gasteiger partial charge in [-0.25, -0.2) is 0 Å². The van der Waals surface area contributed by atoms with E-state index in [1.807, 2.05) is 121 Å². The summed E-state index contributed by atoms with van der Waals surface area (Å²) in [5.74, 6) is 0. The molecule has 0 fully saturated rings. The molecule has 2 nitrogen and oxygen atoms in total. The number of halogens is 4. The first-order valence-corrected chi connectivity index (χ1v) is 44.5.